The Morgan fingerprint density at radius 2 is 1.89 bits per heavy atom. The standard InChI is InChI=1S/C15H21F2NO/c1-10-4-3-5-12(6-10)18(2)9-11-7-13(16)15(19)14(17)8-11/h7-8,10,12,19H,3-6,9H2,1-2H3. The van der Waals surface area contributed by atoms with Crippen LogP contribution in [0.3, 0.4) is 0 Å². The van der Waals surface area contributed by atoms with Crippen LogP contribution in [0.1, 0.15) is 38.2 Å². The Morgan fingerprint density at radius 1 is 1.26 bits per heavy atom. The molecule has 2 unspecified atom stereocenters. The van der Waals surface area contributed by atoms with Gasteiger partial charge in [-0.25, -0.2) is 8.78 Å². The van der Waals surface area contributed by atoms with Gasteiger partial charge < -0.3 is 5.11 Å². The summed E-state index contributed by atoms with van der Waals surface area (Å²) in [5.41, 5.74) is 0.563. The van der Waals surface area contributed by atoms with Crippen molar-refractivity contribution in [2.45, 2.75) is 45.2 Å². The molecule has 0 heterocycles. The van der Waals surface area contributed by atoms with Crippen LogP contribution in [-0.2, 0) is 6.54 Å². The zero-order chi connectivity index (χ0) is 14.0. The van der Waals surface area contributed by atoms with Gasteiger partial charge in [0.1, 0.15) is 0 Å². The van der Waals surface area contributed by atoms with Crippen molar-refractivity contribution >= 4 is 0 Å². The smallest absolute Gasteiger partial charge is 0.187 e. The molecule has 2 rings (SSSR count). The Kier molecular flexibility index (Phi) is 4.40. The van der Waals surface area contributed by atoms with Gasteiger partial charge in [-0.05, 0) is 43.5 Å². The maximum atomic E-state index is 13.3. The van der Waals surface area contributed by atoms with Gasteiger partial charge in [0, 0.05) is 12.6 Å². The third kappa shape index (κ3) is 3.44. The third-order valence-electron chi connectivity index (χ3n) is 4.04. The van der Waals surface area contributed by atoms with Gasteiger partial charge in [0.2, 0.25) is 0 Å². The highest BCUT2D eigenvalue weighted by Crippen LogP contribution is 2.28. The molecule has 1 fully saturated rings. The van der Waals surface area contributed by atoms with Crippen LogP contribution in [0.5, 0.6) is 5.75 Å². The van der Waals surface area contributed by atoms with Gasteiger partial charge >= 0.3 is 0 Å². The fourth-order valence-electron chi connectivity index (χ4n) is 2.93. The minimum Gasteiger partial charge on any atom is -0.503 e. The molecule has 0 saturated heterocycles. The van der Waals surface area contributed by atoms with E-state index in [0.717, 1.165) is 18.8 Å². The third-order valence-corrected chi connectivity index (χ3v) is 4.04. The Bertz CT molecular complexity index is 427. The van der Waals surface area contributed by atoms with Crippen molar-refractivity contribution in [2.24, 2.45) is 5.92 Å². The summed E-state index contributed by atoms with van der Waals surface area (Å²) in [6.07, 6.45) is 4.77. The normalized spacial score (nSPS) is 23.8. The molecule has 0 aliphatic heterocycles. The van der Waals surface area contributed by atoms with Crippen LogP contribution in [0.25, 0.3) is 0 Å². The van der Waals surface area contributed by atoms with Crippen molar-refractivity contribution in [3.63, 3.8) is 0 Å². The number of benzene rings is 1. The minimum atomic E-state index is -0.891. The zero-order valence-corrected chi connectivity index (χ0v) is 11.5. The van der Waals surface area contributed by atoms with Crippen LogP contribution in [0.15, 0.2) is 12.1 Å². The van der Waals surface area contributed by atoms with E-state index in [4.69, 9.17) is 5.11 Å². The average Bonchev–Trinajstić information content (AvgIpc) is 2.36. The molecule has 0 amide bonds. The van der Waals surface area contributed by atoms with E-state index in [-0.39, 0.29) is 0 Å². The molecule has 19 heavy (non-hydrogen) atoms. The number of phenolic OH excluding ortho intramolecular Hbond substituents is 1. The zero-order valence-electron chi connectivity index (χ0n) is 11.5. The van der Waals surface area contributed by atoms with Crippen LogP contribution >= 0.6 is 0 Å². The predicted octanol–water partition coefficient (Wildman–Crippen LogP) is 3.68. The monoisotopic (exact) mass is 269 g/mol. The molecule has 2 atom stereocenters. The van der Waals surface area contributed by atoms with E-state index < -0.39 is 17.4 Å². The summed E-state index contributed by atoms with van der Waals surface area (Å²) in [4.78, 5) is 2.15. The lowest BCUT2D eigenvalue weighted by atomic mass is 9.86. The summed E-state index contributed by atoms with van der Waals surface area (Å²) >= 11 is 0. The van der Waals surface area contributed by atoms with E-state index in [1.54, 1.807) is 0 Å². The molecule has 106 valence electrons. The fraction of sp³-hybridized carbons (Fsp3) is 0.600. The number of halogens is 2. The highest BCUT2D eigenvalue weighted by molar-refractivity contribution is 5.30. The van der Waals surface area contributed by atoms with Crippen LogP contribution in [0.4, 0.5) is 8.78 Å². The predicted molar refractivity (Wildman–Crippen MR) is 70.9 cm³/mol. The molecule has 0 bridgehead atoms. The number of hydrogen-bond donors (Lipinski definition) is 1. The van der Waals surface area contributed by atoms with Crippen LogP contribution in [0, 0.1) is 17.6 Å². The van der Waals surface area contributed by atoms with Crippen molar-refractivity contribution in [3.05, 3.63) is 29.3 Å². The van der Waals surface area contributed by atoms with E-state index >= 15 is 0 Å². The van der Waals surface area contributed by atoms with Crippen molar-refractivity contribution in [1.82, 2.24) is 4.90 Å². The second-order valence-electron chi connectivity index (χ2n) is 5.75. The summed E-state index contributed by atoms with van der Waals surface area (Å²) in [5, 5.41) is 9.08. The Morgan fingerprint density at radius 3 is 2.47 bits per heavy atom. The fourth-order valence-corrected chi connectivity index (χ4v) is 2.93. The number of aromatic hydroxyl groups is 1. The Balaban J connectivity index is 2.04. The molecule has 1 N–H and O–H groups in total. The lowest BCUT2D eigenvalue weighted by Crippen LogP contribution is -2.35. The first kappa shape index (κ1) is 14.3. The topological polar surface area (TPSA) is 23.5 Å². The van der Waals surface area contributed by atoms with Gasteiger partial charge in [-0.1, -0.05) is 19.8 Å². The van der Waals surface area contributed by atoms with E-state index in [1.165, 1.54) is 25.0 Å². The van der Waals surface area contributed by atoms with Crippen molar-refractivity contribution < 1.29 is 13.9 Å². The highest BCUT2D eigenvalue weighted by Gasteiger charge is 2.22. The van der Waals surface area contributed by atoms with E-state index in [9.17, 15) is 8.78 Å². The number of phenols is 1. The first-order valence-corrected chi connectivity index (χ1v) is 6.84. The van der Waals surface area contributed by atoms with Gasteiger partial charge in [0.05, 0.1) is 0 Å². The molecular weight excluding hydrogens is 248 g/mol. The molecule has 1 saturated carbocycles. The summed E-state index contributed by atoms with van der Waals surface area (Å²) < 4.78 is 26.6. The molecule has 0 spiro atoms. The van der Waals surface area contributed by atoms with E-state index in [2.05, 4.69) is 11.8 Å². The first-order chi connectivity index (χ1) is 8.97. The number of hydrogen-bond acceptors (Lipinski definition) is 2. The van der Waals surface area contributed by atoms with Crippen molar-refractivity contribution in [3.8, 4) is 5.75 Å². The van der Waals surface area contributed by atoms with Gasteiger partial charge in [-0.2, -0.15) is 0 Å². The minimum absolute atomic E-state index is 0.476. The second-order valence-corrected chi connectivity index (χ2v) is 5.75. The SMILES string of the molecule is CC1CCCC(N(C)Cc2cc(F)c(O)c(F)c2)C1. The Labute approximate surface area is 113 Å². The lowest BCUT2D eigenvalue weighted by Gasteiger charge is -2.34. The summed E-state index contributed by atoms with van der Waals surface area (Å²) in [6, 6.07) is 2.89. The molecule has 1 aromatic carbocycles. The summed E-state index contributed by atoms with van der Waals surface area (Å²) in [7, 11) is 1.99. The van der Waals surface area contributed by atoms with Crippen LogP contribution < -0.4 is 0 Å². The van der Waals surface area contributed by atoms with Gasteiger partial charge in [0.25, 0.3) is 0 Å². The molecule has 4 heteroatoms. The molecule has 0 radical (unpaired) electrons. The highest BCUT2D eigenvalue weighted by atomic mass is 19.1. The van der Waals surface area contributed by atoms with Gasteiger partial charge in [-0.3, -0.25) is 4.90 Å². The molecule has 1 aromatic rings. The Hall–Kier alpha value is -1.16. The largest absolute Gasteiger partial charge is 0.503 e. The molecule has 1 aliphatic carbocycles. The molecule has 2 nitrogen and oxygen atoms in total. The lowest BCUT2D eigenvalue weighted by molar-refractivity contribution is 0.157. The van der Waals surface area contributed by atoms with Crippen LogP contribution in [0.2, 0.25) is 0 Å². The summed E-state index contributed by atoms with van der Waals surface area (Å²) in [6.45, 7) is 2.76. The number of rotatable bonds is 3. The maximum absolute atomic E-state index is 13.3. The summed E-state index contributed by atoms with van der Waals surface area (Å²) in [5.74, 6) is -1.95. The average molecular weight is 269 g/mol. The molecule has 1 aliphatic rings. The van der Waals surface area contributed by atoms with E-state index in [0.29, 0.717) is 18.2 Å². The van der Waals surface area contributed by atoms with Crippen molar-refractivity contribution in [2.75, 3.05) is 7.05 Å². The second kappa shape index (κ2) is 5.87. The molecular formula is C15H21F2NO. The van der Waals surface area contributed by atoms with Crippen molar-refractivity contribution in [1.29, 1.82) is 0 Å². The molecule has 0 aromatic heterocycles. The quantitative estimate of drug-likeness (QED) is 0.904. The number of nitrogens with zero attached hydrogens (tertiary/aromatic N) is 1. The van der Waals surface area contributed by atoms with E-state index in [1.807, 2.05) is 7.05 Å². The van der Waals surface area contributed by atoms with Gasteiger partial charge in [0.15, 0.2) is 17.4 Å². The van der Waals surface area contributed by atoms with Gasteiger partial charge in [-0.15, -0.1) is 0 Å². The first-order valence-electron chi connectivity index (χ1n) is 6.84. The maximum Gasteiger partial charge on any atom is 0.187 e. The van der Waals surface area contributed by atoms with Crippen LogP contribution in [-0.4, -0.2) is 23.1 Å².